The molecule has 2 aromatic carbocycles. The van der Waals surface area contributed by atoms with Gasteiger partial charge in [-0.1, -0.05) is 12.5 Å². The largest absolute Gasteiger partial charge is 0.497 e. The maximum Gasteiger partial charge on any atom is 0.255 e. The van der Waals surface area contributed by atoms with Gasteiger partial charge in [-0.3, -0.25) is 4.79 Å². The van der Waals surface area contributed by atoms with E-state index < -0.39 is 10.0 Å². The lowest BCUT2D eigenvalue weighted by molar-refractivity contribution is 0.102. The van der Waals surface area contributed by atoms with Crippen LogP contribution in [0, 0.1) is 0 Å². The summed E-state index contributed by atoms with van der Waals surface area (Å²) in [5, 5.41) is 2.78. The maximum atomic E-state index is 12.9. The molecule has 0 radical (unpaired) electrons. The summed E-state index contributed by atoms with van der Waals surface area (Å²) < 4.78 is 32.4. The second-order valence-corrected chi connectivity index (χ2v) is 8.56. The van der Waals surface area contributed by atoms with Crippen LogP contribution >= 0.6 is 0 Å². The Balaban J connectivity index is 1.75. The molecule has 0 spiro atoms. The number of rotatable bonds is 5. The van der Waals surface area contributed by atoms with Crippen molar-refractivity contribution < 1.29 is 17.9 Å². The van der Waals surface area contributed by atoms with Crippen LogP contribution in [0.25, 0.3) is 0 Å². The topological polar surface area (TPSA) is 75.7 Å². The minimum atomic E-state index is -3.54. The Morgan fingerprint density at radius 3 is 2.56 bits per heavy atom. The predicted molar refractivity (Wildman–Crippen MR) is 105 cm³/mol. The van der Waals surface area contributed by atoms with Gasteiger partial charge in [0.1, 0.15) is 5.75 Å². The standard InChI is InChI=1S/C20H24N2O4S/c1-15-6-3-4-13-22(15)27(24,25)19-11-9-16(10-12-19)20(23)21-17-7-5-8-18(14-17)26-2/h5,7-12,14-15H,3-4,6,13H2,1-2H3,(H,21,23)/t15-/m1/s1. The van der Waals surface area contributed by atoms with Crippen LogP contribution in [0.15, 0.2) is 53.4 Å². The van der Waals surface area contributed by atoms with Crippen LogP contribution in [0.1, 0.15) is 36.5 Å². The molecule has 1 aliphatic heterocycles. The van der Waals surface area contributed by atoms with E-state index in [-0.39, 0.29) is 16.8 Å². The van der Waals surface area contributed by atoms with Crippen LogP contribution in [0.2, 0.25) is 0 Å². The summed E-state index contributed by atoms with van der Waals surface area (Å²) in [5.41, 5.74) is 1.00. The van der Waals surface area contributed by atoms with E-state index >= 15 is 0 Å². The number of hydrogen-bond donors (Lipinski definition) is 1. The van der Waals surface area contributed by atoms with Crippen molar-refractivity contribution in [1.82, 2.24) is 4.31 Å². The van der Waals surface area contributed by atoms with Crippen molar-refractivity contribution >= 4 is 21.6 Å². The molecule has 7 heteroatoms. The van der Waals surface area contributed by atoms with Crippen LogP contribution in [0.4, 0.5) is 5.69 Å². The van der Waals surface area contributed by atoms with E-state index in [1.165, 1.54) is 24.3 Å². The highest BCUT2D eigenvalue weighted by molar-refractivity contribution is 7.89. The molecular formula is C20H24N2O4S. The van der Waals surface area contributed by atoms with Gasteiger partial charge in [0.25, 0.3) is 5.91 Å². The molecule has 1 atom stereocenters. The lowest BCUT2D eigenvalue weighted by atomic mass is 10.1. The van der Waals surface area contributed by atoms with Crippen LogP contribution < -0.4 is 10.1 Å². The molecule has 3 rings (SSSR count). The number of amides is 1. The molecule has 1 N–H and O–H groups in total. The van der Waals surface area contributed by atoms with Gasteiger partial charge in [0.05, 0.1) is 12.0 Å². The van der Waals surface area contributed by atoms with Crippen molar-refractivity contribution in [2.45, 2.75) is 37.1 Å². The first kappa shape index (κ1) is 19.4. The smallest absolute Gasteiger partial charge is 0.255 e. The third-order valence-electron chi connectivity index (χ3n) is 4.79. The van der Waals surface area contributed by atoms with Gasteiger partial charge in [-0.2, -0.15) is 4.31 Å². The SMILES string of the molecule is COc1cccc(NC(=O)c2ccc(S(=O)(=O)N3CCCC[C@H]3C)cc2)c1. The normalized spacial score (nSPS) is 18.1. The Morgan fingerprint density at radius 1 is 1.15 bits per heavy atom. The van der Waals surface area contributed by atoms with Gasteiger partial charge >= 0.3 is 0 Å². The monoisotopic (exact) mass is 388 g/mol. The first-order valence-electron chi connectivity index (χ1n) is 8.99. The minimum Gasteiger partial charge on any atom is -0.497 e. The molecule has 1 heterocycles. The summed E-state index contributed by atoms with van der Waals surface area (Å²) in [6, 6.07) is 13.1. The van der Waals surface area contributed by atoms with Crippen LogP contribution in [0.3, 0.4) is 0 Å². The van der Waals surface area contributed by atoms with E-state index in [2.05, 4.69) is 5.32 Å². The Labute approximate surface area is 160 Å². The summed E-state index contributed by atoms with van der Waals surface area (Å²) in [6.45, 7) is 2.48. The van der Waals surface area contributed by atoms with Crippen molar-refractivity contribution in [2.75, 3.05) is 19.0 Å². The molecule has 1 amide bonds. The van der Waals surface area contributed by atoms with Gasteiger partial charge in [0.15, 0.2) is 0 Å². The zero-order valence-electron chi connectivity index (χ0n) is 15.5. The number of carbonyl (C=O) groups is 1. The molecule has 1 aliphatic rings. The summed E-state index contributed by atoms with van der Waals surface area (Å²) in [7, 11) is -1.98. The fraction of sp³-hybridized carbons (Fsp3) is 0.350. The van der Waals surface area contributed by atoms with Crippen molar-refractivity contribution in [2.24, 2.45) is 0 Å². The van der Waals surface area contributed by atoms with Crippen molar-refractivity contribution in [1.29, 1.82) is 0 Å². The van der Waals surface area contributed by atoms with Gasteiger partial charge in [0.2, 0.25) is 10.0 Å². The number of hydrogen-bond acceptors (Lipinski definition) is 4. The number of piperidine rings is 1. The summed E-state index contributed by atoms with van der Waals surface area (Å²) in [4.78, 5) is 12.6. The summed E-state index contributed by atoms with van der Waals surface area (Å²) in [5.74, 6) is 0.337. The number of benzene rings is 2. The second kappa shape index (κ2) is 8.10. The molecule has 0 saturated carbocycles. The van der Waals surface area contributed by atoms with Crippen LogP contribution in [0.5, 0.6) is 5.75 Å². The summed E-state index contributed by atoms with van der Waals surface area (Å²) >= 11 is 0. The Kier molecular flexibility index (Phi) is 5.82. The number of nitrogens with one attached hydrogen (secondary N) is 1. The molecular weight excluding hydrogens is 364 g/mol. The third kappa shape index (κ3) is 4.31. The van der Waals surface area contributed by atoms with Crippen molar-refractivity contribution in [3.63, 3.8) is 0 Å². The zero-order valence-corrected chi connectivity index (χ0v) is 16.3. The molecule has 0 unspecified atom stereocenters. The maximum absolute atomic E-state index is 12.9. The Bertz CT molecular complexity index is 910. The molecule has 1 fully saturated rings. The number of carbonyl (C=O) groups excluding carboxylic acids is 1. The third-order valence-corrected chi connectivity index (χ3v) is 6.82. The fourth-order valence-electron chi connectivity index (χ4n) is 3.25. The second-order valence-electron chi connectivity index (χ2n) is 6.67. The average Bonchev–Trinajstić information content (AvgIpc) is 2.68. The van der Waals surface area contributed by atoms with Gasteiger partial charge in [0, 0.05) is 29.9 Å². The van der Waals surface area contributed by atoms with Crippen LogP contribution in [-0.2, 0) is 10.0 Å². The van der Waals surface area contributed by atoms with Gasteiger partial charge in [-0.25, -0.2) is 8.42 Å². The van der Waals surface area contributed by atoms with Crippen molar-refractivity contribution in [3.05, 3.63) is 54.1 Å². The number of nitrogens with zero attached hydrogens (tertiary/aromatic N) is 1. The van der Waals surface area contributed by atoms with E-state index in [0.717, 1.165) is 19.3 Å². The van der Waals surface area contributed by atoms with E-state index in [9.17, 15) is 13.2 Å². The van der Waals surface area contributed by atoms with Gasteiger partial charge in [-0.05, 0) is 56.2 Å². The lowest BCUT2D eigenvalue weighted by Crippen LogP contribution is -2.41. The highest BCUT2D eigenvalue weighted by atomic mass is 32.2. The fourth-order valence-corrected chi connectivity index (χ4v) is 4.95. The lowest BCUT2D eigenvalue weighted by Gasteiger charge is -2.32. The molecule has 6 nitrogen and oxygen atoms in total. The van der Waals surface area contributed by atoms with Gasteiger partial charge < -0.3 is 10.1 Å². The molecule has 1 saturated heterocycles. The number of anilines is 1. The number of methoxy groups -OCH3 is 1. The average molecular weight is 388 g/mol. The molecule has 0 aromatic heterocycles. The molecule has 144 valence electrons. The quantitative estimate of drug-likeness (QED) is 0.850. The molecule has 0 bridgehead atoms. The van der Waals surface area contributed by atoms with E-state index in [4.69, 9.17) is 4.74 Å². The zero-order chi connectivity index (χ0) is 19.4. The summed E-state index contributed by atoms with van der Waals surface area (Å²) in [6.07, 6.45) is 2.81. The highest BCUT2D eigenvalue weighted by Gasteiger charge is 2.30. The predicted octanol–water partition coefficient (Wildman–Crippen LogP) is 3.51. The first-order valence-corrected chi connectivity index (χ1v) is 10.4. The highest BCUT2D eigenvalue weighted by Crippen LogP contribution is 2.25. The minimum absolute atomic E-state index is 0.000198. The number of sulfonamides is 1. The first-order chi connectivity index (χ1) is 12.9. The van der Waals surface area contributed by atoms with E-state index in [1.807, 2.05) is 6.92 Å². The molecule has 0 aliphatic carbocycles. The molecule has 27 heavy (non-hydrogen) atoms. The Morgan fingerprint density at radius 2 is 1.89 bits per heavy atom. The van der Waals surface area contributed by atoms with E-state index in [0.29, 0.717) is 23.5 Å². The van der Waals surface area contributed by atoms with Crippen molar-refractivity contribution in [3.8, 4) is 5.75 Å². The Hall–Kier alpha value is -2.38. The van der Waals surface area contributed by atoms with Crippen LogP contribution in [-0.4, -0.2) is 38.3 Å². The molecule has 2 aromatic rings. The van der Waals surface area contributed by atoms with E-state index in [1.54, 1.807) is 35.7 Å². The van der Waals surface area contributed by atoms with Gasteiger partial charge in [-0.15, -0.1) is 0 Å². The number of ether oxygens (including phenoxy) is 1.